The molecule has 0 radical (unpaired) electrons. The molecule has 2 saturated heterocycles. The summed E-state index contributed by atoms with van der Waals surface area (Å²) in [6.07, 6.45) is -4.70. The zero-order valence-electron chi connectivity index (χ0n) is 20.3. The number of carbonyl (C=O) groups excluding carboxylic acids is 1. The fourth-order valence-corrected chi connectivity index (χ4v) is 6.10. The molecule has 0 saturated carbocycles. The average Bonchev–Trinajstić information content (AvgIpc) is 3.63. The second-order valence-corrected chi connectivity index (χ2v) is 10.4. The third-order valence-electron chi connectivity index (χ3n) is 6.72. The fourth-order valence-electron chi connectivity index (χ4n) is 4.88. The SMILES string of the molecule is O=C1NC(c2nc(-c3sc4c(N[C@@H]5CCNC[C@@H]5F)cccc4c3CC(F)(F)F)no2)CN1c1ccccn1. The number of nitrogens with one attached hydrogen (secondary N) is 3. The van der Waals surface area contributed by atoms with Gasteiger partial charge in [-0.3, -0.25) is 4.90 Å². The highest BCUT2D eigenvalue weighted by atomic mass is 32.1. The first-order valence-corrected chi connectivity index (χ1v) is 13.1. The predicted octanol–water partition coefficient (Wildman–Crippen LogP) is 4.83. The van der Waals surface area contributed by atoms with Gasteiger partial charge in [0.25, 0.3) is 5.89 Å². The van der Waals surface area contributed by atoms with Crippen molar-refractivity contribution in [3.05, 3.63) is 54.0 Å². The normalized spacial score (nSPS) is 21.9. The molecule has 3 atom stereocenters. The van der Waals surface area contributed by atoms with Gasteiger partial charge in [-0.2, -0.15) is 18.2 Å². The number of benzene rings is 1. The Morgan fingerprint density at radius 3 is 2.85 bits per heavy atom. The fraction of sp³-hybridized carbons (Fsp3) is 0.360. The lowest BCUT2D eigenvalue weighted by Crippen LogP contribution is -2.45. The summed E-state index contributed by atoms with van der Waals surface area (Å²) in [6, 6.07) is 8.62. The molecule has 2 aliphatic rings. The molecule has 14 heteroatoms. The molecule has 0 spiro atoms. The van der Waals surface area contributed by atoms with E-state index in [4.69, 9.17) is 4.52 Å². The van der Waals surface area contributed by atoms with Crippen molar-refractivity contribution in [2.24, 2.45) is 0 Å². The van der Waals surface area contributed by atoms with E-state index >= 15 is 0 Å². The Kier molecular flexibility index (Phi) is 6.59. The van der Waals surface area contributed by atoms with Gasteiger partial charge in [0.15, 0.2) is 0 Å². The van der Waals surface area contributed by atoms with Crippen molar-refractivity contribution in [2.75, 3.05) is 29.9 Å². The molecule has 9 nitrogen and oxygen atoms in total. The maximum Gasteiger partial charge on any atom is 0.393 e. The first kappa shape index (κ1) is 25.5. The molecule has 2 fully saturated rings. The highest BCUT2D eigenvalue weighted by molar-refractivity contribution is 7.23. The van der Waals surface area contributed by atoms with Crippen LogP contribution in [0.5, 0.6) is 0 Å². The predicted molar refractivity (Wildman–Crippen MR) is 138 cm³/mol. The van der Waals surface area contributed by atoms with Crippen molar-refractivity contribution in [3.8, 4) is 10.7 Å². The molecule has 0 bridgehead atoms. The van der Waals surface area contributed by atoms with Gasteiger partial charge in [-0.1, -0.05) is 23.4 Å². The van der Waals surface area contributed by atoms with Gasteiger partial charge in [-0.15, -0.1) is 11.3 Å². The van der Waals surface area contributed by atoms with Gasteiger partial charge < -0.3 is 20.5 Å². The number of hydrogen-bond acceptors (Lipinski definition) is 8. The topological polar surface area (TPSA) is 108 Å². The van der Waals surface area contributed by atoms with Crippen molar-refractivity contribution < 1.29 is 26.9 Å². The zero-order valence-corrected chi connectivity index (χ0v) is 21.2. The molecular formula is C25H23F4N7O2S. The number of anilines is 2. The number of amides is 2. The van der Waals surface area contributed by atoms with Crippen LogP contribution in [-0.4, -0.2) is 59.2 Å². The van der Waals surface area contributed by atoms with Crippen LogP contribution in [0.1, 0.15) is 23.9 Å². The van der Waals surface area contributed by atoms with Gasteiger partial charge in [0.2, 0.25) is 5.82 Å². The molecule has 1 aromatic carbocycles. The Labute approximate surface area is 223 Å². The van der Waals surface area contributed by atoms with E-state index in [0.29, 0.717) is 34.6 Å². The van der Waals surface area contributed by atoms with Crippen LogP contribution in [0.25, 0.3) is 20.8 Å². The summed E-state index contributed by atoms with van der Waals surface area (Å²) >= 11 is 1.09. The van der Waals surface area contributed by atoms with E-state index < -0.39 is 36.9 Å². The zero-order chi connectivity index (χ0) is 27.1. The van der Waals surface area contributed by atoms with Gasteiger partial charge >= 0.3 is 12.2 Å². The highest BCUT2D eigenvalue weighted by Crippen LogP contribution is 2.44. The number of nitrogens with zero attached hydrogens (tertiary/aromatic N) is 4. The van der Waals surface area contributed by atoms with E-state index in [2.05, 4.69) is 31.1 Å². The monoisotopic (exact) mass is 561 g/mol. The second kappa shape index (κ2) is 10.1. The molecule has 6 rings (SSSR count). The number of urea groups is 1. The Morgan fingerprint density at radius 1 is 1.21 bits per heavy atom. The van der Waals surface area contributed by atoms with E-state index in [1.807, 2.05) is 0 Å². The van der Waals surface area contributed by atoms with E-state index in [9.17, 15) is 22.4 Å². The minimum absolute atomic E-state index is 0.00725. The molecule has 39 heavy (non-hydrogen) atoms. The summed E-state index contributed by atoms with van der Waals surface area (Å²) in [5.74, 6) is 0.506. The van der Waals surface area contributed by atoms with Gasteiger partial charge in [0.05, 0.1) is 34.3 Å². The van der Waals surface area contributed by atoms with Crippen LogP contribution >= 0.6 is 11.3 Å². The number of carbonyl (C=O) groups is 1. The molecule has 0 aliphatic carbocycles. The molecule has 3 N–H and O–H groups in total. The average molecular weight is 562 g/mol. The van der Waals surface area contributed by atoms with Crippen molar-refractivity contribution in [3.63, 3.8) is 0 Å². The number of rotatable bonds is 6. The van der Waals surface area contributed by atoms with Crippen LogP contribution < -0.4 is 20.9 Å². The number of aromatic nitrogens is 3. The lowest BCUT2D eigenvalue weighted by molar-refractivity contribution is -0.126. The third-order valence-corrected chi connectivity index (χ3v) is 8.00. The molecule has 2 aliphatic heterocycles. The first-order valence-electron chi connectivity index (χ1n) is 12.3. The lowest BCUT2D eigenvalue weighted by atomic mass is 10.0. The van der Waals surface area contributed by atoms with Crippen molar-refractivity contribution in [2.45, 2.75) is 37.3 Å². The van der Waals surface area contributed by atoms with Gasteiger partial charge in [-0.05, 0) is 42.1 Å². The Balaban J connectivity index is 1.34. The summed E-state index contributed by atoms with van der Waals surface area (Å²) < 4.78 is 61.5. The first-order chi connectivity index (χ1) is 18.8. The molecule has 5 heterocycles. The second-order valence-electron chi connectivity index (χ2n) is 9.40. The maximum atomic E-state index is 14.5. The number of fused-ring (bicyclic) bond motifs is 1. The molecule has 2 amide bonds. The number of hydrogen-bond donors (Lipinski definition) is 3. The van der Waals surface area contributed by atoms with E-state index in [-0.39, 0.29) is 35.2 Å². The van der Waals surface area contributed by atoms with Crippen LogP contribution in [0.3, 0.4) is 0 Å². The van der Waals surface area contributed by atoms with Crippen LogP contribution in [0.2, 0.25) is 0 Å². The summed E-state index contributed by atoms with van der Waals surface area (Å²) in [5.41, 5.74) is 0.575. The van der Waals surface area contributed by atoms with Gasteiger partial charge in [0, 0.05) is 12.7 Å². The van der Waals surface area contributed by atoms with Crippen molar-refractivity contribution in [1.82, 2.24) is 25.8 Å². The maximum absolute atomic E-state index is 14.5. The Bertz CT molecular complexity index is 1490. The Morgan fingerprint density at radius 2 is 2.08 bits per heavy atom. The van der Waals surface area contributed by atoms with E-state index in [1.54, 1.807) is 42.6 Å². The molecule has 3 aromatic heterocycles. The molecular weight excluding hydrogens is 538 g/mol. The molecule has 1 unspecified atom stereocenters. The van der Waals surface area contributed by atoms with E-state index in [0.717, 1.165) is 11.3 Å². The number of pyridine rings is 1. The number of thiophene rings is 1. The summed E-state index contributed by atoms with van der Waals surface area (Å²) in [6.45, 7) is 1.02. The smallest absolute Gasteiger partial charge is 0.378 e. The van der Waals surface area contributed by atoms with Crippen LogP contribution in [0.15, 0.2) is 47.1 Å². The third kappa shape index (κ3) is 5.13. The number of halogens is 4. The quantitative estimate of drug-likeness (QED) is 0.289. The van der Waals surface area contributed by atoms with Crippen LogP contribution in [-0.2, 0) is 6.42 Å². The Hall–Kier alpha value is -3.78. The van der Waals surface area contributed by atoms with Gasteiger partial charge in [0.1, 0.15) is 18.0 Å². The van der Waals surface area contributed by atoms with E-state index in [1.165, 1.54) is 4.90 Å². The minimum atomic E-state index is -4.49. The molecule has 4 aromatic rings. The summed E-state index contributed by atoms with van der Waals surface area (Å²) in [5, 5.41) is 13.3. The standard InChI is InChI=1S/C25H23F4N7O2S/c26-15-11-30-9-7-16(15)32-17-5-3-4-13-14(10-25(27,28)29)21(39-20(13)17)22-34-23(38-35-22)18-12-36(24(37)33-18)19-6-1-2-8-31-19/h1-6,8,15-16,18,30,32H,7,9-12H2,(H,33,37)/t15-,16+,18?/m0/s1. The van der Waals surface area contributed by atoms with Crippen LogP contribution in [0.4, 0.5) is 33.9 Å². The van der Waals surface area contributed by atoms with Crippen molar-refractivity contribution in [1.29, 1.82) is 0 Å². The summed E-state index contributed by atoms with van der Waals surface area (Å²) in [4.78, 5) is 22.7. The number of piperidine rings is 1. The molecule has 204 valence electrons. The summed E-state index contributed by atoms with van der Waals surface area (Å²) in [7, 11) is 0. The minimum Gasteiger partial charge on any atom is -0.378 e. The van der Waals surface area contributed by atoms with Gasteiger partial charge in [-0.25, -0.2) is 14.2 Å². The van der Waals surface area contributed by atoms with Crippen molar-refractivity contribution >= 4 is 39.0 Å². The highest BCUT2D eigenvalue weighted by Gasteiger charge is 2.37. The lowest BCUT2D eigenvalue weighted by Gasteiger charge is -2.28. The van der Waals surface area contributed by atoms with Crippen LogP contribution in [0, 0.1) is 0 Å². The largest absolute Gasteiger partial charge is 0.393 e. The number of alkyl halides is 4.